The van der Waals surface area contributed by atoms with Crippen LogP contribution in [0.4, 0.5) is 0 Å². The normalized spacial score (nSPS) is 16.1. The Morgan fingerprint density at radius 3 is 2.35 bits per heavy atom. The highest BCUT2D eigenvalue weighted by Crippen LogP contribution is 2.42. The molecule has 0 spiro atoms. The van der Waals surface area contributed by atoms with Crippen LogP contribution >= 0.6 is 23.2 Å². The molecule has 0 radical (unpaired) electrons. The number of carboxylic acid groups (broad SMARTS) is 1. The molecular weight excluding hydrogens is 345 g/mol. The van der Waals surface area contributed by atoms with Gasteiger partial charge in [-0.05, 0) is 31.5 Å². The molecule has 0 saturated carbocycles. The first-order valence-electron chi connectivity index (χ1n) is 6.55. The highest BCUT2D eigenvalue weighted by Gasteiger charge is 2.43. The van der Waals surface area contributed by atoms with E-state index in [9.17, 15) is 19.5 Å². The van der Waals surface area contributed by atoms with Crippen molar-refractivity contribution < 1.29 is 24.6 Å². The molecule has 8 heteroatoms. The summed E-state index contributed by atoms with van der Waals surface area (Å²) in [5, 5.41) is 21.4. The topological polar surface area (TPSA) is 104 Å². The van der Waals surface area contributed by atoms with Crippen molar-refractivity contribution in [2.24, 2.45) is 0 Å². The fourth-order valence-electron chi connectivity index (χ4n) is 2.39. The number of rotatable bonds is 3. The average Bonchev–Trinajstić information content (AvgIpc) is 2.45. The number of ketones is 1. The first kappa shape index (κ1) is 17.3. The number of amides is 1. The van der Waals surface area contributed by atoms with E-state index in [0.29, 0.717) is 5.56 Å². The number of carboxylic acids is 1. The number of aliphatic hydroxyl groups is 1. The van der Waals surface area contributed by atoms with Gasteiger partial charge in [0.2, 0.25) is 0 Å². The van der Waals surface area contributed by atoms with E-state index >= 15 is 0 Å². The summed E-state index contributed by atoms with van der Waals surface area (Å²) in [6.07, 6.45) is 0. The highest BCUT2D eigenvalue weighted by molar-refractivity contribution is 6.42. The lowest BCUT2D eigenvalue weighted by atomic mass is 9.71. The molecule has 0 heterocycles. The molecule has 0 aromatic heterocycles. The second-order valence-corrected chi connectivity index (χ2v) is 6.38. The minimum atomic E-state index is -1.27. The van der Waals surface area contributed by atoms with Crippen LogP contribution in [0.5, 0.6) is 0 Å². The molecular formula is C15H13Cl2NO5. The second kappa shape index (κ2) is 5.86. The summed E-state index contributed by atoms with van der Waals surface area (Å²) in [7, 11) is 0. The molecule has 3 N–H and O–H groups in total. The Morgan fingerprint density at radius 2 is 1.78 bits per heavy atom. The summed E-state index contributed by atoms with van der Waals surface area (Å²) in [5.41, 5.74) is -0.984. The molecule has 1 aliphatic rings. The van der Waals surface area contributed by atoms with Crippen LogP contribution in [0.15, 0.2) is 17.7 Å². The van der Waals surface area contributed by atoms with Gasteiger partial charge in [0.05, 0.1) is 15.5 Å². The van der Waals surface area contributed by atoms with Gasteiger partial charge in [0.15, 0.2) is 5.78 Å². The first-order valence-corrected chi connectivity index (χ1v) is 7.31. The zero-order valence-corrected chi connectivity index (χ0v) is 13.7. The summed E-state index contributed by atoms with van der Waals surface area (Å²) in [6, 6.07) is 2.84. The number of carbonyl (C=O) groups is 3. The number of carbonyl (C=O) groups excluding carboxylic acids is 2. The van der Waals surface area contributed by atoms with Crippen LogP contribution in [0.1, 0.15) is 25.0 Å². The van der Waals surface area contributed by atoms with Crippen molar-refractivity contribution in [2.75, 3.05) is 6.54 Å². The Bertz CT molecular complexity index is 767. The molecule has 1 aromatic carbocycles. The van der Waals surface area contributed by atoms with Crippen LogP contribution in [0.3, 0.4) is 0 Å². The van der Waals surface area contributed by atoms with Crippen molar-refractivity contribution in [3.63, 3.8) is 0 Å². The maximum Gasteiger partial charge on any atom is 0.322 e. The van der Waals surface area contributed by atoms with E-state index in [1.165, 1.54) is 12.1 Å². The second-order valence-electron chi connectivity index (χ2n) is 5.57. The summed E-state index contributed by atoms with van der Waals surface area (Å²) >= 11 is 11.9. The number of fused-ring (bicyclic) bond motifs is 1. The monoisotopic (exact) mass is 357 g/mol. The average molecular weight is 358 g/mol. The number of halogens is 2. The van der Waals surface area contributed by atoms with Crippen LogP contribution in [0.2, 0.25) is 10.0 Å². The van der Waals surface area contributed by atoms with Crippen molar-refractivity contribution in [3.8, 4) is 0 Å². The van der Waals surface area contributed by atoms with Gasteiger partial charge in [-0.25, -0.2) is 0 Å². The number of aliphatic hydroxyl groups excluding tert-OH is 1. The predicted molar refractivity (Wildman–Crippen MR) is 84.7 cm³/mol. The summed E-state index contributed by atoms with van der Waals surface area (Å²) < 4.78 is 0. The number of hydrogen-bond donors (Lipinski definition) is 3. The minimum absolute atomic E-state index is 0.160. The van der Waals surface area contributed by atoms with E-state index in [0.717, 1.165) is 0 Å². The molecule has 0 fully saturated rings. The molecule has 0 saturated heterocycles. The Hall–Kier alpha value is -2.05. The maximum absolute atomic E-state index is 12.6. The van der Waals surface area contributed by atoms with Crippen LogP contribution in [-0.2, 0) is 19.8 Å². The van der Waals surface area contributed by atoms with E-state index in [4.69, 9.17) is 28.3 Å². The number of benzene rings is 1. The van der Waals surface area contributed by atoms with Crippen molar-refractivity contribution in [1.29, 1.82) is 0 Å². The molecule has 0 bridgehead atoms. The molecule has 1 amide bonds. The molecule has 1 aromatic rings. The lowest BCUT2D eigenvalue weighted by Crippen LogP contribution is -2.42. The molecule has 6 nitrogen and oxygen atoms in total. The molecule has 1 aliphatic carbocycles. The fraction of sp³-hybridized carbons (Fsp3) is 0.267. The molecule has 0 unspecified atom stereocenters. The summed E-state index contributed by atoms with van der Waals surface area (Å²) in [4.78, 5) is 35.2. The molecule has 122 valence electrons. The third kappa shape index (κ3) is 2.92. The number of nitrogens with one attached hydrogen (secondary N) is 1. The number of Topliss-reactive ketones (excluding diaryl/α,β-unsaturated/α-hetero) is 1. The third-order valence-corrected chi connectivity index (χ3v) is 4.37. The zero-order chi connectivity index (χ0) is 17.5. The molecule has 0 aliphatic heterocycles. The Labute approximate surface area is 141 Å². The Morgan fingerprint density at radius 1 is 1.22 bits per heavy atom. The van der Waals surface area contributed by atoms with Crippen LogP contribution in [0.25, 0.3) is 5.76 Å². The van der Waals surface area contributed by atoms with Gasteiger partial charge in [0.25, 0.3) is 5.91 Å². The van der Waals surface area contributed by atoms with Crippen molar-refractivity contribution in [1.82, 2.24) is 5.32 Å². The largest absolute Gasteiger partial charge is 0.506 e. The van der Waals surface area contributed by atoms with Crippen LogP contribution < -0.4 is 5.32 Å². The standard InChI is InChI=1S/C15H13Cl2NO5/c1-15(2)7-4-9(17)8(16)3-6(7)12(21)11(13(15)22)14(23)18-5-10(19)20/h3-4,21H,5H2,1-2H3,(H,18,23)(H,19,20). The third-order valence-electron chi connectivity index (χ3n) is 3.65. The van der Waals surface area contributed by atoms with Crippen molar-refractivity contribution >= 4 is 46.6 Å². The predicted octanol–water partition coefficient (Wildman–Crippen LogP) is 2.32. The van der Waals surface area contributed by atoms with Gasteiger partial charge in [0, 0.05) is 5.56 Å². The number of aliphatic carboxylic acids is 1. The van der Waals surface area contributed by atoms with E-state index in [1.54, 1.807) is 13.8 Å². The molecule has 23 heavy (non-hydrogen) atoms. The summed E-state index contributed by atoms with van der Waals surface area (Å²) in [6.45, 7) is 2.49. The Kier molecular flexibility index (Phi) is 4.41. The van der Waals surface area contributed by atoms with Crippen LogP contribution in [-0.4, -0.2) is 34.4 Å². The first-order chi connectivity index (χ1) is 10.6. The van der Waals surface area contributed by atoms with Gasteiger partial charge < -0.3 is 15.5 Å². The molecule has 0 atom stereocenters. The van der Waals surface area contributed by atoms with E-state index in [1.807, 2.05) is 0 Å². The van der Waals surface area contributed by atoms with Gasteiger partial charge >= 0.3 is 5.97 Å². The lowest BCUT2D eigenvalue weighted by Gasteiger charge is -2.32. The van der Waals surface area contributed by atoms with Crippen molar-refractivity contribution in [2.45, 2.75) is 19.3 Å². The van der Waals surface area contributed by atoms with Gasteiger partial charge in [-0.3, -0.25) is 14.4 Å². The number of hydrogen-bond acceptors (Lipinski definition) is 4. The fourth-order valence-corrected chi connectivity index (χ4v) is 2.72. The van der Waals surface area contributed by atoms with E-state index < -0.39 is 41.0 Å². The van der Waals surface area contributed by atoms with Gasteiger partial charge in [-0.1, -0.05) is 23.2 Å². The zero-order valence-electron chi connectivity index (χ0n) is 12.2. The van der Waals surface area contributed by atoms with Crippen molar-refractivity contribution in [3.05, 3.63) is 38.9 Å². The summed E-state index contributed by atoms with van der Waals surface area (Å²) in [5.74, 6) is -3.41. The maximum atomic E-state index is 12.6. The van der Waals surface area contributed by atoms with Gasteiger partial charge in [-0.2, -0.15) is 0 Å². The quantitative estimate of drug-likeness (QED) is 0.720. The smallest absolute Gasteiger partial charge is 0.322 e. The Balaban J connectivity index is 2.62. The minimum Gasteiger partial charge on any atom is -0.506 e. The van der Waals surface area contributed by atoms with Gasteiger partial charge in [0.1, 0.15) is 17.9 Å². The van der Waals surface area contributed by atoms with E-state index in [-0.39, 0.29) is 15.6 Å². The molecule has 2 rings (SSSR count). The van der Waals surface area contributed by atoms with Crippen LogP contribution in [0, 0.1) is 0 Å². The van der Waals surface area contributed by atoms with Gasteiger partial charge in [-0.15, -0.1) is 0 Å². The SMILES string of the molecule is CC1(C)C(=O)C(C(=O)NCC(=O)O)=C(O)c2cc(Cl)c(Cl)cc21. The van der Waals surface area contributed by atoms with E-state index in [2.05, 4.69) is 5.32 Å². The lowest BCUT2D eigenvalue weighted by molar-refractivity contribution is -0.138. The highest BCUT2D eigenvalue weighted by atomic mass is 35.5.